The molecule has 0 atom stereocenters. The van der Waals surface area contributed by atoms with E-state index in [1.54, 1.807) is 0 Å². The molecule has 0 saturated carbocycles. The van der Waals surface area contributed by atoms with E-state index in [1.807, 2.05) is 12.3 Å². The maximum Gasteiger partial charge on any atom is 0.178 e. The van der Waals surface area contributed by atoms with Crippen molar-refractivity contribution in [1.29, 1.82) is 0 Å². The van der Waals surface area contributed by atoms with Gasteiger partial charge in [0.1, 0.15) is 0 Å². The zero-order chi connectivity index (χ0) is 17.3. The molecule has 0 radical (unpaired) electrons. The van der Waals surface area contributed by atoms with E-state index in [1.165, 1.54) is 5.56 Å². The molecule has 1 aliphatic heterocycles. The lowest BCUT2D eigenvalue weighted by Gasteiger charge is -2.35. The molecular weight excluding hydrogens is 322 g/mol. The molecule has 3 aromatic heterocycles. The fourth-order valence-electron chi connectivity index (χ4n) is 3.79. The average Bonchev–Trinajstić information content (AvgIpc) is 3.19. The Morgan fingerprint density at radius 1 is 0.808 bits per heavy atom. The van der Waals surface area contributed by atoms with Crippen molar-refractivity contribution in [1.82, 2.24) is 19.3 Å². The second kappa shape index (κ2) is 6.42. The monoisotopic (exact) mass is 343 g/mol. The van der Waals surface area contributed by atoms with Gasteiger partial charge >= 0.3 is 0 Å². The molecule has 1 saturated heterocycles. The lowest BCUT2D eigenvalue weighted by molar-refractivity contribution is 0.249. The van der Waals surface area contributed by atoms with Crippen molar-refractivity contribution in [2.75, 3.05) is 31.1 Å². The van der Waals surface area contributed by atoms with Crippen molar-refractivity contribution in [3.05, 3.63) is 72.6 Å². The van der Waals surface area contributed by atoms with E-state index in [-0.39, 0.29) is 0 Å². The van der Waals surface area contributed by atoms with Crippen LogP contribution < -0.4 is 4.90 Å². The summed E-state index contributed by atoms with van der Waals surface area (Å²) >= 11 is 0. The Morgan fingerprint density at radius 2 is 1.62 bits per heavy atom. The Balaban J connectivity index is 1.40. The first-order chi connectivity index (χ1) is 12.9. The number of piperazine rings is 1. The van der Waals surface area contributed by atoms with E-state index >= 15 is 0 Å². The molecule has 0 N–H and O–H groups in total. The number of aromatic nitrogens is 3. The highest BCUT2D eigenvalue weighted by Gasteiger charge is 2.21. The van der Waals surface area contributed by atoms with Crippen molar-refractivity contribution >= 4 is 22.5 Å². The van der Waals surface area contributed by atoms with Gasteiger partial charge in [-0.25, -0.2) is 9.97 Å². The molecule has 0 aliphatic carbocycles. The van der Waals surface area contributed by atoms with Gasteiger partial charge < -0.3 is 9.30 Å². The first-order valence-corrected chi connectivity index (χ1v) is 9.11. The van der Waals surface area contributed by atoms with E-state index in [0.29, 0.717) is 0 Å². The highest BCUT2D eigenvalue weighted by Crippen LogP contribution is 2.25. The van der Waals surface area contributed by atoms with Gasteiger partial charge in [-0.2, -0.15) is 0 Å². The van der Waals surface area contributed by atoms with Crippen molar-refractivity contribution in [2.24, 2.45) is 0 Å². The maximum absolute atomic E-state index is 4.88. The van der Waals surface area contributed by atoms with Gasteiger partial charge in [0.05, 0.1) is 11.0 Å². The van der Waals surface area contributed by atoms with Crippen LogP contribution in [0.3, 0.4) is 0 Å². The predicted molar refractivity (Wildman–Crippen MR) is 104 cm³/mol. The number of pyridine rings is 1. The van der Waals surface area contributed by atoms with Crippen molar-refractivity contribution in [2.45, 2.75) is 6.54 Å². The van der Waals surface area contributed by atoms with E-state index in [4.69, 9.17) is 4.98 Å². The molecule has 4 heterocycles. The van der Waals surface area contributed by atoms with Gasteiger partial charge in [-0.15, -0.1) is 0 Å². The highest BCUT2D eigenvalue weighted by molar-refractivity contribution is 5.82. The van der Waals surface area contributed by atoms with Gasteiger partial charge in [0.25, 0.3) is 0 Å². The number of benzene rings is 1. The molecule has 0 bridgehead atoms. The fraction of sp³-hybridized carbons (Fsp3) is 0.238. The maximum atomic E-state index is 4.88. The molecule has 5 nitrogen and oxygen atoms in total. The second-order valence-corrected chi connectivity index (χ2v) is 6.79. The third kappa shape index (κ3) is 2.70. The molecular formula is C21H21N5. The number of rotatable bonds is 3. The predicted octanol–water partition coefficient (Wildman–Crippen LogP) is 3.20. The number of hydrogen-bond donors (Lipinski definition) is 0. The lowest BCUT2D eigenvalue weighted by atomic mass is 10.2. The van der Waals surface area contributed by atoms with E-state index in [9.17, 15) is 0 Å². The van der Waals surface area contributed by atoms with Crippen LogP contribution in [0.2, 0.25) is 0 Å². The lowest BCUT2D eigenvalue weighted by Crippen LogP contribution is -2.46. The minimum Gasteiger partial charge on any atom is -0.352 e. The zero-order valence-corrected chi connectivity index (χ0v) is 14.6. The Hall–Kier alpha value is -2.92. The third-order valence-corrected chi connectivity index (χ3v) is 5.14. The fourth-order valence-corrected chi connectivity index (χ4v) is 3.79. The summed E-state index contributed by atoms with van der Waals surface area (Å²) in [6, 6.07) is 19.0. The van der Waals surface area contributed by atoms with Crippen LogP contribution >= 0.6 is 0 Å². The summed E-state index contributed by atoms with van der Waals surface area (Å²) in [7, 11) is 0. The normalized spacial score (nSPS) is 15.8. The van der Waals surface area contributed by atoms with Crippen LogP contribution in [0.15, 0.2) is 67.0 Å². The largest absolute Gasteiger partial charge is 0.352 e. The number of anilines is 1. The Labute approximate surface area is 152 Å². The Morgan fingerprint density at radius 3 is 2.46 bits per heavy atom. The SMILES string of the molecule is c1ccc(CN2CCN(c3nc4ncccc4n4cccc34)CC2)cc1. The first-order valence-electron chi connectivity index (χ1n) is 9.11. The van der Waals surface area contributed by atoms with Crippen LogP contribution in [-0.4, -0.2) is 45.4 Å². The standard InChI is InChI=1S/C21H21N5/c1-2-6-17(7-3-1)16-24-12-14-25(15-13-24)21-19-9-5-11-26(19)18-8-4-10-22-20(18)23-21/h1-11H,12-16H2. The summed E-state index contributed by atoms with van der Waals surface area (Å²) in [5, 5.41) is 0. The van der Waals surface area contributed by atoms with Gasteiger partial charge in [0.2, 0.25) is 0 Å². The zero-order valence-electron chi connectivity index (χ0n) is 14.6. The van der Waals surface area contributed by atoms with Crippen molar-refractivity contribution < 1.29 is 0 Å². The summed E-state index contributed by atoms with van der Waals surface area (Å²) in [5.74, 6) is 1.04. The smallest absolute Gasteiger partial charge is 0.178 e. The summed E-state index contributed by atoms with van der Waals surface area (Å²) in [5.41, 5.74) is 4.39. The highest BCUT2D eigenvalue weighted by atomic mass is 15.3. The van der Waals surface area contributed by atoms with Crippen LogP contribution in [0.1, 0.15) is 5.56 Å². The van der Waals surface area contributed by atoms with Gasteiger partial charge in [-0.3, -0.25) is 4.90 Å². The molecule has 5 heteroatoms. The van der Waals surface area contributed by atoms with Crippen LogP contribution in [0.4, 0.5) is 5.82 Å². The first kappa shape index (κ1) is 15.3. The number of nitrogens with zero attached hydrogens (tertiary/aromatic N) is 5. The van der Waals surface area contributed by atoms with Crippen LogP contribution in [0.5, 0.6) is 0 Å². The molecule has 4 aromatic rings. The average molecular weight is 343 g/mol. The summed E-state index contributed by atoms with van der Waals surface area (Å²) in [6.45, 7) is 5.08. The van der Waals surface area contributed by atoms with Crippen LogP contribution in [0.25, 0.3) is 16.7 Å². The molecule has 130 valence electrons. The number of hydrogen-bond acceptors (Lipinski definition) is 4. The molecule has 1 fully saturated rings. The van der Waals surface area contributed by atoms with Crippen LogP contribution in [0, 0.1) is 0 Å². The summed E-state index contributed by atoms with van der Waals surface area (Å²) in [6.07, 6.45) is 3.91. The molecule has 1 aliphatic rings. The minimum absolute atomic E-state index is 0.804. The third-order valence-electron chi connectivity index (χ3n) is 5.14. The molecule has 0 spiro atoms. The molecule has 0 unspecified atom stereocenters. The van der Waals surface area contributed by atoms with E-state index < -0.39 is 0 Å². The van der Waals surface area contributed by atoms with E-state index in [0.717, 1.165) is 55.2 Å². The molecule has 5 rings (SSSR count). The Bertz CT molecular complexity index is 1030. The molecule has 1 aromatic carbocycles. The van der Waals surface area contributed by atoms with E-state index in [2.05, 4.69) is 73.9 Å². The minimum atomic E-state index is 0.804. The van der Waals surface area contributed by atoms with Crippen molar-refractivity contribution in [3.63, 3.8) is 0 Å². The van der Waals surface area contributed by atoms with Gasteiger partial charge in [-0.1, -0.05) is 30.3 Å². The second-order valence-electron chi connectivity index (χ2n) is 6.79. The molecule has 0 amide bonds. The van der Waals surface area contributed by atoms with Crippen molar-refractivity contribution in [3.8, 4) is 0 Å². The summed E-state index contributed by atoms with van der Waals surface area (Å²) < 4.78 is 2.20. The van der Waals surface area contributed by atoms with Crippen LogP contribution in [-0.2, 0) is 6.54 Å². The van der Waals surface area contributed by atoms with Gasteiger partial charge in [-0.05, 0) is 29.8 Å². The van der Waals surface area contributed by atoms with Gasteiger partial charge in [0, 0.05) is 45.1 Å². The Kier molecular flexibility index (Phi) is 3.79. The van der Waals surface area contributed by atoms with Gasteiger partial charge in [0.15, 0.2) is 11.5 Å². The quantitative estimate of drug-likeness (QED) is 0.572. The summed E-state index contributed by atoms with van der Waals surface area (Å²) in [4.78, 5) is 14.3. The topological polar surface area (TPSA) is 36.7 Å². The number of fused-ring (bicyclic) bond motifs is 3. The molecule has 26 heavy (non-hydrogen) atoms.